The molecule has 1 aromatic carbocycles. The first-order chi connectivity index (χ1) is 14.5. The average molecular weight is 443 g/mol. The number of rotatable bonds is 3. The first kappa shape index (κ1) is 21.3. The molecule has 0 saturated heterocycles. The number of aromatic amines is 2. The van der Waals surface area contributed by atoms with Crippen molar-refractivity contribution in [2.24, 2.45) is 12.0 Å². The fraction of sp³-hybridized carbons (Fsp3) is 0.211. The van der Waals surface area contributed by atoms with Crippen LogP contribution in [0.15, 0.2) is 46.4 Å². The first-order valence-corrected chi connectivity index (χ1v) is 9.72. The Balaban J connectivity index is 0.000000275. The molecular formula is C19H18N6O3S2. The van der Waals surface area contributed by atoms with Gasteiger partial charge in [-0.05, 0) is 48.9 Å². The Kier molecular flexibility index (Phi) is 6.68. The van der Waals surface area contributed by atoms with Gasteiger partial charge in [-0.25, -0.2) is 9.78 Å². The van der Waals surface area contributed by atoms with Crippen molar-refractivity contribution in [2.75, 3.05) is 6.61 Å². The highest BCUT2D eigenvalue weighted by atomic mass is 32.1. The molecule has 0 bridgehead atoms. The summed E-state index contributed by atoms with van der Waals surface area (Å²) < 4.78 is 8.67. The second kappa shape index (κ2) is 9.40. The molecular weight excluding hydrogens is 424 g/mol. The quantitative estimate of drug-likeness (QED) is 0.371. The molecule has 2 N–H and O–H groups in total. The molecule has 9 nitrogen and oxygen atoms in total. The lowest BCUT2D eigenvalue weighted by Gasteiger charge is -2.09. The third-order valence-corrected chi connectivity index (χ3v) is 4.76. The topological polar surface area (TPSA) is 110 Å². The Morgan fingerprint density at radius 1 is 1.37 bits per heavy atom. The van der Waals surface area contributed by atoms with Gasteiger partial charge in [0.15, 0.2) is 10.4 Å². The van der Waals surface area contributed by atoms with Gasteiger partial charge in [-0.2, -0.15) is 0 Å². The van der Waals surface area contributed by atoms with Crippen LogP contribution in [0.1, 0.15) is 12.6 Å². The number of aryl methyl sites for hydroxylation is 1. The van der Waals surface area contributed by atoms with E-state index in [-0.39, 0.29) is 5.56 Å². The van der Waals surface area contributed by atoms with E-state index in [1.807, 2.05) is 28.9 Å². The van der Waals surface area contributed by atoms with Gasteiger partial charge in [-0.1, -0.05) is 18.2 Å². The third kappa shape index (κ3) is 4.43. The number of hydrogen-bond donors (Lipinski definition) is 2. The summed E-state index contributed by atoms with van der Waals surface area (Å²) in [5.74, 6) is 0. The van der Waals surface area contributed by atoms with E-state index in [9.17, 15) is 9.59 Å². The van der Waals surface area contributed by atoms with Crippen molar-refractivity contribution in [3.63, 3.8) is 0 Å². The van der Waals surface area contributed by atoms with Gasteiger partial charge >= 0.3 is 6.09 Å². The smallest absolute Gasteiger partial charge is 0.442 e. The molecule has 0 aliphatic rings. The van der Waals surface area contributed by atoms with E-state index >= 15 is 0 Å². The Hall–Kier alpha value is -3.40. The number of thiocarbonyl (C=S) groups is 1. The zero-order valence-electron chi connectivity index (χ0n) is 16.2. The van der Waals surface area contributed by atoms with E-state index in [0.717, 1.165) is 11.2 Å². The van der Waals surface area contributed by atoms with Crippen LogP contribution in [-0.4, -0.2) is 41.9 Å². The van der Waals surface area contributed by atoms with Crippen LogP contribution in [0.4, 0.5) is 4.79 Å². The maximum Gasteiger partial charge on any atom is 0.442 e. The lowest BCUT2D eigenvalue weighted by Crippen LogP contribution is -2.16. The lowest BCUT2D eigenvalue weighted by atomic mass is 10.2. The summed E-state index contributed by atoms with van der Waals surface area (Å²) in [7, 11) is 2.02. The van der Waals surface area contributed by atoms with E-state index < -0.39 is 6.09 Å². The standard InChI is InChI=1S/C15H13N5OS.C4H5NO2S/c1-19-10(6-9-4-2-3-5-11(9)19)7-20-13-12(16-8-17-13)14(21)18-15(20)22;1-2-7-4(6)5-3-8/h2-6,8H,7H2,1H3,(H,16,17)(H,18,21,22);2H2,1H3. The summed E-state index contributed by atoms with van der Waals surface area (Å²) in [6.07, 6.45) is 0.828. The summed E-state index contributed by atoms with van der Waals surface area (Å²) in [6, 6.07) is 10.3. The highest BCUT2D eigenvalue weighted by molar-refractivity contribution is 7.78. The van der Waals surface area contributed by atoms with Crippen molar-refractivity contribution in [1.82, 2.24) is 24.1 Å². The molecule has 11 heteroatoms. The van der Waals surface area contributed by atoms with Gasteiger partial charge < -0.3 is 14.3 Å². The van der Waals surface area contributed by atoms with Gasteiger partial charge in [0.1, 0.15) is 5.52 Å². The molecule has 3 heterocycles. The van der Waals surface area contributed by atoms with Crippen LogP contribution in [0, 0.1) is 4.77 Å². The van der Waals surface area contributed by atoms with Crippen LogP contribution in [0.25, 0.3) is 22.1 Å². The van der Waals surface area contributed by atoms with Crippen LogP contribution in [0.5, 0.6) is 0 Å². The highest BCUT2D eigenvalue weighted by Gasteiger charge is 2.11. The Labute approximate surface area is 181 Å². The number of benzene rings is 1. The zero-order valence-corrected chi connectivity index (χ0v) is 17.8. The number of hydrogen-bond acceptors (Lipinski definition) is 6. The van der Waals surface area contributed by atoms with Crippen LogP contribution < -0.4 is 5.56 Å². The average Bonchev–Trinajstić information content (AvgIpc) is 3.32. The Morgan fingerprint density at radius 3 is 2.83 bits per heavy atom. The first-order valence-electron chi connectivity index (χ1n) is 8.90. The van der Waals surface area contributed by atoms with E-state index in [4.69, 9.17) is 12.2 Å². The molecule has 0 aliphatic heterocycles. The minimum absolute atomic E-state index is 0.245. The van der Waals surface area contributed by atoms with Gasteiger partial charge in [-0.3, -0.25) is 14.3 Å². The summed E-state index contributed by atoms with van der Waals surface area (Å²) in [5.41, 5.74) is 3.01. The SMILES string of the molecule is CCOC(=O)N=C=S.Cn1c(Cn2c(=S)[nH]c(=O)c3[nH]cnc32)cc2ccccc21. The number of para-hydroxylation sites is 1. The summed E-state index contributed by atoms with van der Waals surface area (Å²) in [5, 5.41) is 3.06. The molecule has 0 fully saturated rings. The molecule has 0 aliphatic carbocycles. The predicted octanol–water partition coefficient (Wildman–Crippen LogP) is 3.57. The Morgan fingerprint density at radius 2 is 2.13 bits per heavy atom. The fourth-order valence-electron chi connectivity index (χ4n) is 2.98. The number of ether oxygens (including phenoxy) is 1. The fourth-order valence-corrected chi connectivity index (χ4v) is 3.30. The van der Waals surface area contributed by atoms with E-state index in [1.165, 1.54) is 11.7 Å². The number of nitrogens with zero attached hydrogens (tertiary/aromatic N) is 4. The summed E-state index contributed by atoms with van der Waals surface area (Å²) >= 11 is 9.43. The van der Waals surface area contributed by atoms with Crippen molar-refractivity contribution in [1.29, 1.82) is 0 Å². The normalized spacial score (nSPS) is 10.3. The van der Waals surface area contributed by atoms with Gasteiger partial charge in [0.05, 0.1) is 24.6 Å². The van der Waals surface area contributed by atoms with Gasteiger partial charge in [0.25, 0.3) is 5.56 Å². The second-order valence-electron chi connectivity index (χ2n) is 6.10. The molecule has 1 amide bonds. The van der Waals surface area contributed by atoms with Crippen molar-refractivity contribution in [2.45, 2.75) is 13.5 Å². The van der Waals surface area contributed by atoms with Gasteiger partial charge in [-0.15, -0.1) is 4.99 Å². The summed E-state index contributed by atoms with van der Waals surface area (Å²) in [4.78, 5) is 34.8. The van der Waals surface area contributed by atoms with Crippen molar-refractivity contribution in [3.8, 4) is 0 Å². The van der Waals surface area contributed by atoms with Gasteiger partial charge in [0, 0.05) is 18.3 Å². The highest BCUT2D eigenvalue weighted by Crippen LogP contribution is 2.19. The number of aliphatic imine (C=N–C) groups is 1. The number of H-pyrrole nitrogens is 2. The number of carbonyl (C=O) groups excluding carboxylic acids is 1. The van der Waals surface area contributed by atoms with E-state index in [0.29, 0.717) is 29.1 Å². The van der Waals surface area contributed by atoms with Crippen LogP contribution in [-0.2, 0) is 18.3 Å². The molecule has 3 aromatic heterocycles. The molecule has 0 spiro atoms. The molecule has 4 aromatic rings. The molecule has 0 saturated carbocycles. The van der Waals surface area contributed by atoms with Crippen LogP contribution in [0.2, 0.25) is 0 Å². The number of nitrogens with one attached hydrogen (secondary N) is 2. The molecule has 30 heavy (non-hydrogen) atoms. The lowest BCUT2D eigenvalue weighted by molar-refractivity contribution is 0.164. The molecule has 0 radical (unpaired) electrons. The second-order valence-corrected chi connectivity index (χ2v) is 6.67. The zero-order chi connectivity index (χ0) is 21.7. The van der Waals surface area contributed by atoms with Crippen LogP contribution >= 0.6 is 24.4 Å². The third-order valence-electron chi connectivity index (χ3n) is 4.34. The number of amides is 1. The van der Waals surface area contributed by atoms with Gasteiger partial charge in [0.2, 0.25) is 0 Å². The molecule has 154 valence electrons. The maximum atomic E-state index is 11.9. The maximum absolute atomic E-state index is 11.9. The molecule has 4 rings (SSSR count). The number of carbonyl (C=O) groups is 1. The Bertz CT molecular complexity index is 1370. The van der Waals surface area contributed by atoms with E-state index in [2.05, 4.69) is 59.7 Å². The number of fused-ring (bicyclic) bond motifs is 2. The monoisotopic (exact) mass is 442 g/mol. The minimum Gasteiger partial charge on any atom is -0.448 e. The number of isothiocyanates is 1. The van der Waals surface area contributed by atoms with Crippen molar-refractivity contribution < 1.29 is 9.53 Å². The van der Waals surface area contributed by atoms with E-state index in [1.54, 1.807) is 6.92 Å². The largest absolute Gasteiger partial charge is 0.448 e. The van der Waals surface area contributed by atoms with Crippen LogP contribution in [0.3, 0.4) is 0 Å². The molecule has 0 atom stereocenters. The minimum atomic E-state index is -0.678. The van der Waals surface area contributed by atoms with Crippen molar-refractivity contribution in [3.05, 3.63) is 57.5 Å². The van der Waals surface area contributed by atoms with Crippen molar-refractivity contribution >= 4 is 57.8 Å². The molecule has 0 unspecified atom stereocenters. The summed E-state index contributed by atoms with van der Waals surface area (Å²) in [6.45, 7) is 2.55. The predicted molar refractivity (Wildman–Crippen MR) is 120 cm³/mol. The number of imidazole rings is 1. The number of aromatic nitrogens is 5.